The van der Waals surface area contributed by atoms with E-state index in [9.17, 15) is 4.79 Å². The molecule has 0 saturated heterocycles. The number of rotatable bonds is 5. The molecule has 108 valence electrons. The van der Waals surface area contributed by atoms with Crippen molar-refractivity contribution in [2.45, 2.75) is 18.9 Å². The highest BCUT2D eigenvalue weighted by Crippen LogP contribution is 2.23. The van der Waals surface area contributed by atoms with Crippen molar-refractivity contribution in [1.29, 1.82) is 0 Å². The first kappa shape index (κ1) is 13.3. The van der Waals surface area contributed by atoms with Gasteiger partial charge in [-0.05, 0) is 37.1 Å². The highest BCUT2D eigenvalue weighted by molar-refractivity contribution is 5.89. The molecule has 2 N–H and O–H groups in total. The molecule has 1 aliphatic rings. The number of ether oxygens (including phenoxy) is 1. The molecule has 0 radical (unpaired) electrons. The van der Waals surface area contributed by atoms with Gasteiger partial charge in [0.15, 0.2) is 5.82 Å². The first-order valence-electron chi connectivity index (χ1n) is 6.66. The summed E-state index contributed by atoms with van der Waals surface area (Å²) in [7, 11) is 1.36. The van der Waals surface area contributed by atoms with Crippen LogP contribution in [0.5, 0.6) is 0 Å². The summed E-state index contributed by atoms with van der Waals surface area (Å²) >= 11 is 0. The van der Waals surface area contributed by atoms with E-state index in [2.05, 4.69) is 30.6 Å². The van der Waals surface area contributed by atoms with E-state index < -0.39 is 0 Å². The number of benzene rings is 1. The summed E-state index contributed by atoms with van der Waals surface area (Å²) in [6.07, 6.45) is 3.85. The van der Waals surface area contributed by atoms with Crippen LogP contribution >= 0.6 is 0 Å². The molecule has 1 saturated carbocycles. The maximum atomic E-state index is 11.4. The van der Waals surface area contributed by atoms with E-state index in [4.69, 9.17) is 0 Å². The van der Waals surface area contributed by atoms with E-state index in [-0.39, 0.29) is 5.97 Å². The Hall–Kier alpha value is -2.70. The van der Waals surface area contributed by atoms with E-state index in [0.717, 1.165) is 18.5 Å². The smallest absolute Gasteiger partial charge is 0.337 e. The quantitative estimate of drug-likeness (QED) is 0.812. The summed E-state index contributed by atoms with van der Waals surface area (Å²) in [6.45, 7) is 0. The maximum absolute atomic E-state index is 11.4. The van der Waals surface area contributed by atoms with Gasteiger partial charge in [-0.3, -0.25) is 0 Å². The lowest BCUT2D eigenvalue weighted by Gasteiger charge is -2.07. The molecule has 21 heavy (non-hydrogen) atoms. The Labute approximate surface area is 121 Å². The molecule has 1 aliphatic carbocycles. The number of esters is 1. The largest absolute Gasteiger partial charge is 0.465 e. The van der Waals surface area contributed by atoms with Gasteiger partial charge in [0, 0.05) is 11.7 Å². The average molecular weight is 285 g/mol. The molecule has 1 heterocycles. The second-order valence-electron chi connectivity index (χ2n) is 4.78. The molecule has 7 heteroatoms. The number of anilines is 3. The molecule has 2 aromatic rings. The van der Waals surface area contributed by atoms with Crippen LogP contribution in [0.4, 0.5) is 17.5 Å². The fraction of sp³-hybridized carbons (Fsp3) is 0.286. The lowest BCUT2D eigenvalue weighted by atomic mass is 10.2. The van der Waals surface area contributed by atoms with Gasteiger partial charge in [0.05, 0.1) is 18.9 Å². The lowest BCUT2D eigenvalue weighted by Crippen LogP contribution is -2.07. The highest BCUT2D eigenvalue weighted by atomic mass is 16.5. The molecule has 0 spiro atoms. The normalized spacial score (nSPS) is 13.6. The monoisotopic (exact) mass is 285 g/mol. The molecule has 0 unspecified atom stereocenters. The number of carbonyl (C=O) groups is 1. The highest BCUT2D eigenvalue weighted by Gasteiger charge is 2.22. The van der Waals surface area contributed by atoms with Gasteiger partial charge in [-0.25, -0.2) is 4.79 Å². The third-order valence-electron chi connectivity index (χ3n) is 3.05. The average Bonchev–Trinajstić information content (AvgIpc) is 3.31. The van der Waals surface area contributed by atoms with Crippen molar-refractivity contribution >= 4 is 23.4 Å². The zero-order valence-corrected chi connectivity index (χ0v) is 11.5. The summed E-state index contributed by atoms with van der Waals surface area (Å²) in [6, 6.07) is 7.41. The Morgan fingerprint density at radius 3 is 2.71 bits per heavy atom. The van der Waals surface area contributed by atoms with Gasteiger partial charge in [0.2, 0.25) is 5.95 Å². The van der Waals surface area contributed by atoms with Crippen molar-refractivity contribution in [3.8, 4) is 0 Å². The number of hydrogen-bond donors (Lipinski definition) is 2. The second kappa shape index (κ2) is 5.74. The summed E-state index contributed by atoms with van der Waals surface area (Å²) in [5, 5.41) is 14.1. The summed E-state index contributed by atoms with van der Waals surface area (Å²) in [5.74, 6) is 0.758. The van der Waals surface area contributed by atoms with E-state index in [1.54, 1.807) is 30.5 Å². The predicted molar refractivity (Wildman–Crippen MR) is 77.5 cm³/mol. The fourth-order valence-corrected chi connectivity index (χ4v) is 1.79. The van der Waals surface area contributed by atoms with Crippen LogP contribution in [-0.2, 0) is 4.74 Å². The zero-order chi connectivity index (χ0) is 14.7. The maximum Gasteiger partial charge on any atom is 0.337 e. The minimum Gasteiger partial charge on any atom is -0.465 e. The van der Waals surface area contributed by atoms with Crippen molar-refractivity contribution in [3.05, 3.63) is 36.0 Å². The number of hydrogen-bond acceptors (Lipinski definition) is 7. The van der Waals surface area contributed by atoms with Crippen LogP contribution in [0.25, 0.3) is 0 Å². The topological polar surface area (TPSA) is 89.0 Å². The van der Waals surface area contributed by atoms with Gasteiger partial charge in [0.1, 0.15) is 0 Å². The van der Waals surface area contributed by atoms with Crippen LogP contribution in [0.1, 0.15) is 23.2 Å². The van der Waals surface area contributed by atoms with Crippen LogP contribution in [0.2, 0.25) is 0 Å². The standard InChI is InChI=1S/C14H15N5O2/c1-21-13(20)9-2-4-10(5-3-9)16-12-8-15-19-14(18-12)17-11-6-7-11/h2-5,8,11H,6-7H2,1H3,(H2,16,17,18,19). The van der Waals surface area contributed by atoms with Crippen LogP contribution in [0.15, 0.2) is 30.5 Å². The Morgan fingerprint density at radius 2 is 2.05 bits per heavy atom. The van der Waals surface area contributed by atoms with Gasteiger partial charge in [-0.15, -0.1) is 5.10 Å². The molecule has 3 rings (SSSR count). The van der Waals surface area contributed by atoms with E-state index in [1.165, 1.54) is 7.11 Å². The van der Waals surface area contributed by atoms with Gasteiger partial charge in [-0.2, -0.15) is 10.1 Å². The number of nitrogens with zero attached hydrogens (tertiary/aromatic N) is 3. The SMILES string of the molecule is COC(=O)c1ccc(Nc2cnnc(NC3CC3)n2)cc1. The lowest BCUT2D eigenvalue weighted by molar-refractivity contribution is 0.0601. The molecular formula is C14H15N5O2. The first-order chi connectivity index (χ1) is 10.2. The van der Waals surface area contributed by atoms with Gasteiger partial charge in [0.25, 0.3) is 0 Å². The van der Waals surface area contributed by atoms with Crippen LogP contribution in [0.3, 0.4) is 0 Å². The minimum atomic E-state index is -0.360. The number of carbonyl (C=O) groups excluding carboxylic acids is 1. The first-order valence-corrected chi connectivity index (χ1v) is 6.66. The third kappa shape index (κ3) is 3.44. The zero-order valence-electron chi connectivity index (χ0n) is 11.5. The summed E-state index contributed by atoms with van der Waals surface area (Å²) in [5.41, 5.74) is 1.31. The fourth-order valence-electron chi connectivity index (χ4n) is 1.79. The molecule has 7 nitrogen and oxygen atoms in total. The molecule has 0 atom stereocenters. The Bertz CT molecular complexity index is 640. The van der Waals surface area contributed by atoms with Crippen molar-refractivity contribution in [2.24, 2.45) is 0 Å². The molecular weight excluding hydrogens is 270 g/mol. The molecule has 1 aromatic carbocycles. The molecule has 0 amide bonds. The van der Waals surface area contributed by atoms with Crippen molar-refractivity contribution in [2.75, 3.05) is 17.7 Å². The minimum absolute atomic E-state index is 0.360. The second-order valence-corrected chi connectivity index (χ2v) is 4.78. The number of methoxy groups -OCH3 is 1. The Morgan fingerprint density at radius 1 is 1.29 bits per heavy atom. The van der Waals surface area contributed by atoms with Gasteiger partial charge < -0.3 is 15.4 Å². The number of aromatic nitrogens is 3. The Balaban J connectivity index is 1.69. The van der Waals surface area contributed by atoms with Crippen LogP contribution < -0.4 is 10.6 Å². The van der Waals surface area contributed by atoms with E-state index >= 15 is 0 Å². The van der Waals surface area contributed by atoms with Crippen LogP contribution in [-0.4, -0.2) is 34.3 Å². The van der Waals surface area contributed by atoms with E-state index in [1.807, 2.05) is 0 Å². The van der Waals surface area contributed by atoms with Gasteiger partial charge >= 0.3 is 5.97 Å². The number of nitrogens with one attached hydrogen (secondary N) is 2. The Kier molecular flexibility index (Phi) is 3.63. The molecule has 1 aromatic heterocycles. The van der Waals surface area contributed by atoms with Crippen LogP contribution in [0, 0.1) is 0 Å². The summed E-state index contributed by atoms with van der Waals surface area (Å²) in [4.78, 5) is 15.7. The van der Waals surface area contributed by atoms with Crippen molar-refractivity contribution in [3.63, 3.8) is 0 Å². The van der Waals surface area contributed by atoms with Crippen molar-refractivity contribution < 1.29 is 9.53 Å². The van der Waals surface area contributed by atoms with Crippen molar-refractivity contribution in [1.82, 2.24) is 15.2 Å². The summed E-state index contributed by atoms with van der Waals surface area (Å²) < 4.78 is 4.65. The molecule has 0 aliphatic heterocycles. The predicted octanol–water partition coefficient (Wildman–Crippen LogP) is 1.98. The van der Waals surface area contributed by atoms with Gasteiger partial charge in [-0.1, -0.05) is 0 Å². The third-order valence-corrected chi connectivity index (χ3v) is 3.05. The molecule has 0 bridgehead atoms. The molecule has 1 fully saturated rings. The van der Waals surface area contributed by atoms with E-state index in [0.29, 0.717) is 23.4 Å².